The molecule has 0 unspecified atom stereocenters. The molecule has 0 aromatic carbocycles. The maximum Gasteiger partial charge on any atom is 0.218 e. The second-order valence-electron chi connectivity index (χ2n) is 2.99. The van der Waals surface area contributed by atoms with Crippen molar-refractivity contribution in [1.82, 2.24) is 19.7 Å². The molecule has 78 valence electrons. The van der Waals surface area contributed by atoms with E-state index in [2.05, 4.69) is 15.1 Å². The van der Waals surface area contributed by atoms with Crippen LogP contribution in [0.4, 0.5) is 5.95 Å². The number of hydrogen-bond acceptors (Lipinski definition) is 5. The molecule has 2 N–H and O–H groups in total. The predicted octanol–water partition coefficient (Wildman–Crippen LogP) is 0.468. The van der Waals surface area contributed by atoms with E-state index in [-0.39, 0.29) is 0 Å². The second kappa shape index (κ2) is 3.56. The fourth-order valence-electron chi connectivity index (χ4n) is 1.24. The van der Waals surface area contributed by atoms with Crippen molar-refractivity contribution >= 4 is 5.95 Å². The van der Waals surface area contributed by atoms with Crippen molar-refractivity contribution in [3.8, 4) is 17.1 Å². The van der Waals surface area contributed by atoms with Crippen LogP contribution in [0.25, 0.3) is 11.4 Å². The Morgan fingerprint density at radius 3 is 2.87 bits per heavy atom. The first-order valence-corrected chi connectivity index (χ1v) is 4.37. The van der Waals surface area contributed by atoms with Crippen molar-refractivity contribution in [3.05, 3.63) is 18.5 Å². The zero-order valence-corrected chi connectivity index (χ0v) is 8.51. The number of ether oxygens (including phenoxy) is 1. The van der Waals surface area contributed by atoms with Gasteiger partial charge in [0, 0.05) is 13.2 Å². The van der Waals surface area contributed by atoms with Crippen LogP contribution >= 0.6 is 0 Å². The van der Waals surface area contributed by atoms with Gasteiger partial charge in [0.05, 0.1) is 18.9 Å². The number of methoxy groups -OCH3 is 1. The van der Waals surface area contributed by atoms with Gasteiger partial charge < -0.3 is 10.5 Å². The lowest BCUT2D eigenvalue weighted by Gasteiger charge is -2.02. The van der Waals surface area contributed by atoms with Gasteiger partial charge in [-0.3, -0.25) is 4.98 Å². The number of pyridine rings is 1. The van der Waals surface area contributed by atoms with Gasteiger partial charge >= 0.3 is 0 Å². The fraction of sp³-hybridized carbons (Fsp3) is 0.222. The molecular weight excluding hydrogens is 194 g/mol. The predicted molar refractivity (Wildman–Crippen MR) is 55.2 cm³/mol. The number of nitrogens with two attached hydrogens (primary N) is 1. The van der Waals surface area contributed by atoms with E-state index in [4.69, 9.17) is 10.5 Å². The lowest BCUT2D eigenvalue weighted by atomic mass is 10.2. The molecule has 0 spiro atoms. The van der Waals surface area contributed by atoms with E-state index < -0.39 is 0 Å². The van der Waals surface area contributed by atoms with Gasteiger partial charge in [-0.2, -0.15) is 4.98 Å². The van der Waals surface area contributed by atoms with Crippen molar-refractivity contribution in [2.24, 2.45) is 7.05 Å². The number of nitrogens with zero attached hydrogens (tertiary/aromatic N) is 4. The number of rotatable bonds is 2. The van der Waals surface area contributed by atoms with Crippen molar-refractivity contribution in [2.45, 2.75) is 0 Å². The van der Waals surface area contributed by atoms with E-state index in [0.717, 1.165) is 5.56 Å². The summed E-state index contributed by atoms with van der Waals surface area (Å²) in [6, 6.07) is 1.79. The lowest BCUT2D eigenvalue weighted by Crippen LogP contribution is -1.97. The van der Waals surface area contributed by atoms with Crippen molar-refractivity contribution in [1.29, 1.82) is 0 Å². The molecule has 2 aromatic heterocycles. The van der Waals surface area contributed by atoms with Gasteiger partial charge in [-0.15, -0.1) is 5.10 Å². The first-order chi connectivity index (χ1) is 7.22. The molecule has 6 nitrogen and oxygen atoms in total. The molecule has 0 saturated heterocycles. The van der Waals surface area contributed by atoms with E-state index in [1.807, 2.05) is 0 Å². The normalized spacial score (nSPS) is 10.3. The Morgan fingerprint density at radius 1 is 1.47 bits per heavy atom. The van der Waals surface area contributed by atoms with Crippen LogP contribution in [-0.4, -0.2) is 26.9 Å². The third kappa shape index (κ3) is 1.61. The van der Waals surface area contributed by atoms with Crippen LogP contribution in [0.15, 0.2) is 18.5 Å². The molecule has 0 atom stereocenters. The molecule has 0 aliphatic heterocycles. The minimum Gasteiger partial charge on any atom is -0.494 e. The standard InChI is InChI=1S/C9H11N5O/c1-14-9(10)12-8(13-14)6-3-4-11-5-7(6)15-2/h3-5H,1-2H3,(H2,10,12,13). The minimum absolute atomic E-state index is 0.365. The third-order valence-electron chi connectivity index (χ3n) is 2.04. The Bertz CT molecular complexity index is 460. The first-order valence-electron chi connectivity index (χ1n) is 4.37. The Hall–Kier alpha value is -2.11. The Kier molecular flexibility index (Phi) is 2.24. The number of hydrogen-bond donors (Lipinski definition) is 1. The highest BCUT2D eigenvalue weighted by atomic mass is 16.5. The van der Waals surface area contributed by atoms with Gasteiger partial charge in [-0.05, 0) is 6.07 Å². The summed E-state index contributed by atoms with van der Waals surface area (Å²) in [5.74, 6) is 1.53. The highest BCUT2D eigenvalue weighted by molar-refractivity contribution is 5.63. The van der Waals surface area contributed by atoms with Crippen LogP contribution in [0.2, 0.25) is 0 Å². The molecule has 0 bridgehead atoms. The van der Waals surface area contributed by atoms with Gasteiger partial charge in [-0.1, -0.05) is 0 Å². The molecule has 0 radical (unpaired) electrons. The molecule has 2 rings (SSSR count). The van der Waals surface area contributed by atoms with Crippen LogP contribution in [-0.2, 0) is 7.05 Å². The first kappa shape index (κ1) is 9.45. The molecule has 0 fully saturated rings. The van der Waals surface area contributed by atoms with Crippen molar-refractivity contribution in [3.63, 3.8) is 0 Å². The summed E-state index contributed by atoms with van der Waals surface area (Å²) in [7, 11) is 3.31. The highest BCUT2D eigenvalue weighted by Crippen LogP contribution is 2.26. The van der Waals surface area contributed by atoms with Crippen LogP contribution in [0.5, 0.6) is 5.75 Å². The SMILES string of the molecule is COc1cnccc1-c1nc(N)n(C)n1. The molecule has 2 aromatic rings. The van der Waals surface area contributed by atoms with E-state index in [1.54, 1.807) is 32.6 Å². The fourth-order valence-corrected chi connectivity index (χ4v) is 1.24. The number of nitrogen functional groups attached to an aromatic ring is 1. The van der Waals surface area contributed by atoms with E-state index in [1.165, 1.54) is 4.68 Å². The highest BCUT2D eigenvalue weighted by Gasteiger charge is 2.11. The number of anilines is 1. The molecule has 15 heavy (non-hydrogen) atoms. The number of aryl methyl sites for hydroxylation is 1. The molecule has 2 heterocycles. The van der Waals surface area contributed by atoms with Crippen molar-refractivity contribution in [2.75, 3.05) is 12.8 Å². The Balaban J connectivity index is 2.53. The zero-order chi connectivity index (χ0) is 10.8. The van der Waals surface area contributed by atoms with Crippen LogP contribution in [0.3, 0.4) is 0 Å². The van der Waals surface area contributed by atoms with Crippen molar-refractivity contribution < 1.29 is 4.74 Å². The monoisotopic (exact) mass is 205 g/mol. The Morgan fingerprint density at radius 2 is 2.27 bits per heavy atom. The summed E-state index contributed by atoms with van der Waals surface area (Å²) < 4.78 is 6.67. The summed E-state index contributed by atoms with van der Waals surface area (Å²) in [4.78, 5) is 8.06. The molecule has 0 aliphatic carbocycles. The second-order valence-corrected chi connectivity index (χ2v) is 2.99. The zero-order valence-electron chi connectivity index (χ0n) is 8.51. The Labute approximate surface area is 86.7 Å². The minimum atomic E-state index is 0.365. The van der Waals surface area contributed by atoms with E-state index in [0.29, 0.717) is 17.5 Å². The van der Waals surface area contributed by atoms with Crippen LogP contribution < -0.4 is 10.5 Å². The van der Waals surface area contributed by atoms with Gasteiger partial charge in [0.25, 0.3) is 0 Å². The maximum absolute atomic E-state index is 5.60. The smallest absolute Gasteiger partial charge is 0.218 e. The maximum atomic E-state index is 5.60. The summed E-state index contributed by atoms with van der Waals surface area (Å²) in [5, 5.41) is 4.16. The third-order valence-corrected chi connectivity index (χ3v) is 2.04. The average Bonchev–Trinajstić information content (AvgIpc) is 2.59. The van der Waals surface area contributed by atoms with Gasteiger partial charge in [0.15, 0.2) is 5.82 Å². The largest absolute Gasteiger partial charge is 0.494 e. The molecule has 6 heteroatoms. The topological polar surface area (TPSA) is 78.9 Å². The van der Waals surface area contributed by atoms with Crippen LogP contribution in [0, 0.1) is 0 Å². The van der Waals surface area contributed by atoms with Gasteiger partial charge in [-0.25, -0.2) is 4.68 Å². The summed E-state index contributed by atoms with van der Waals surface area (Å²) in [6.45, 7) is 0. The summed E-state index contributed by atoms with van der Waals surface area (Å²) >= 11 is 0. The number of aromatic nitrogens is 4. The van der Waals surface area contributed by atoms with Gasteiger partial charge in [0.1, 0.15) is 5.75 Å². The van der Waals surface area contributed by atoms with E-state index in [9.17, 15) is 0 Å². The van der Waals surface area contributed by atoms with Gasteiger partial charge in [0.2, 0.25) is 5.95 Å². The average molecular weight is 205 g/mol. The quantitative estimate of drug-likeness (QED) is 0.770. The molecule has 0 amide bonds. The molecule has 0 saturated carbocycles. The van der Waals surface area contributed by atoms with Crippen LogP contribution in [0.1, 0.15) is 0 Å². The summed E-state index contributed by atoms with van der Waals surface area (Å²) in [6.07, 6.45) is 3.27. The molecule has 0 aliphatic rings. The summed E-state index contributed by atoms with van der Waals surface area (Å²) in [5.41, 5.74) is 6.38. The van der Waals surface area contributed by atoms with E-state index >= 15 is 0 Å². The lowest BCUT2D eigenvalue weighted by molar-refractivity contribution is 0.414. The molecular formula is C9H11N5O.